The maximum absolute atomic E-state index is 13.6. The van der Waals surface area contributed by atoms with Gasteiger partial charge in [-0.25, -0.2) is 4.79 Å². The van der Waals surface area contributed by atoms with Crippen molar-refractivity contribution in [1.29, 1.82) is 0 Å². The van der Waals surface area contributed by atoms with Crippen LogP contribution in [0, 0.1) is 5.92 Å². The van der Waals surface area contributed by atoms with Crippen LogP contribution in [0.3, 0.4) is 0 Å². The molecule has 0 aromatic heterocycles. The van der Waals surface area contributed by atoms with Crippen LogP contribution in [0.15, 0.2) is 114 Å². The quantitative estimate of drug-likeness (QED) is 0.452. The van der Waals surface area contributed by atoms with Gasteiger partial charge in [-0.15, -0.1) is 0 Å². The summed E-state index contributed by atoms with van der Waals surface area (Å²) in [5, 5.41) is 0. The molecule has 0 unspecified atom stereocenters. The van der Waals surface area contributed by atoms with Crippen LogP contribution in [-0.4, -0.2) is 26.2 Å². The summed E-state index contributed by atoms with van der Waals surface area (Å²) in [6.07, 6.45) is 6.16. The Morgan fingerprint density at radius 3 is 2.00 bits per heavy atom. The molecule has 3 aromatic carbocycles. The molecule has 3 aliphatic carbocycles. The standard InChI is InChI=1S/C32H24O4/c1-35-30(33)27-26-24-17-10-9-16-23(24)25-22(20-12-5-3-6-13-20)18-11-19-32(28(25)26,29(27)31(34)36-2)21-14-7-4-8-15-21/h3-19,29H,1-2H3/t29-,32-/m1/s1. The van der Waals surface area contributed by atoms with Gasteiger partial charge in [0.15, 0.2) is 0 Å². The summed E-state index contributed by atoms with van der Waals surface area (Å²) in [7, 11) is 2.72. The van der Waals surface area contributed by atoms with Crippen molar-refractivity contribution in [2.45, 2.75) is 5.41 Å². The summed E-state index contributed by atoms with van der Waals surface area (Å²) >= 11 is 0. The van der Waals surface area contributed by atoms with E-state index in [1.165, 1.54) is 14.2 Å². The zero-order valence-electron chi connectivity index (χ0n) is 20.0. The van der Waals surface area contributed by atoms with E-state index in [4.69, 9.17) is 9.47 Å². The molecule has 0 N–H and O–H groups in total. The third-order valence-electron chi connectivity index (χ3n) is 7.46. The molecule has 4 heteroatoms. The summed E-state index contributed by atoms with van der Waals surface area (Å²) in [5.74, 6) is -1.89. The van der Waals surface area contributed by atoms with Crippen molar-refractivity contribution < 1.29 is 19.1 Å². The number of allylic oxidation sites excluding steroid dienone is 7. The van der Waals surface area contributed by atoms with Crippen LogP contribution < -0.4 is 0 Å². The Bertz CT molecular complexity index is 1520. The van der Waals surface area contributed by atoms with E-state index in [2.05, 4.69) is 30.4 Å². The van der Waals surface area contributed by atoms with Crippen molar-refractivity contribution >= 4 is 28.7 Å². The smallest absolute Gasteiger partial charge is 0.335 e. The number of ether oxygens (including phenoxy) is 2. The number of carbonyl (C=O) groups is 2. The highest BCUT2D eigenvalue weighted by molar-refractivity contribution is 6.24. The molecule has 0 saturated heterocycles. The van der Waals surface area contributed by atoms with E-state index in [-0.39, 0.29) is 0 Å². The van der Waals surface area contributed by atoms with E-state index in [9.17, 15) is 9.59 Å². The summed E-state index contributed by atoms with van der Waals surface area (Å²) < 4.78 is 10.6. The highest BCUT2D eigenvalue weighted by Crippen LogP contribution is 2.65. The molecule has 3 aromatic rings. The van der Waals surface area contributed by atoms with Gasteiger partial charge in [0.1, 0.15) is 5.92 Å². The lowest BCUT2D eigenvalue weighted by molar-refractivity contribution is -0.148. The first-order chi connectivity index (χ1) is 17.6. The SMILES string of the molecule is COC(=O)C1=C2C3=C(C(c4ccccc4)=CC=C[C@]3(c3ccccc3)[C@H]1C(=O)OC)c1ccccc12. The zero-order valence-corrected chi connectivity index (χ0v) is 20.0. The molecule has 0 heterocycles. The van der Waals surface area contributed by atoms with Crippen molar-refractivity contribution in [2.75, 3.05) is 14.2 Å². The predicted octanol–water partition coefficient (Wildman–Crippen LogP) is 5.77. The van der Waals surface area contributed by atoms with Crippen LogP contribution in [0.1, 0.15) is 22.3 Å². The van der Waals surface area contributed by atoms with Crippen molar-refractivity contribution in [2.24, 2.45) is 5.92 Å². The fourth-order valence-corrected chi connectivity index (χ4v) is 6.09. The third-order valence-corrected chi connectivity index (χ3v) is 7.46. The molecule has 0 aliphatic heterocycles. The van der Waals surface area contributed by atoms with Gasteiger partial charge in [0.25, 0.3) is 0 Å². The molecule has 3 aliphatic rings. The van der Waals surface area contributed by atoms with Crippen LogP contribution >= 0.6 is 0 Å². The van der Waals surface area contributed by atoms with Gasteiger partial charge in [0.05, 0.1) is 25.2 Å². The van der Waals surface area contributed by atoms with Gasteiger partial charge in [-0.3, -0.25) is 4.79 Å². The van der Waals surface area contributed by atoms with E-state index in [0.29, 0.717) is 5.57 Å². The lowest BCUT2D eigenvalue weighted by Crippen LogP contribution is -2.39. The molecular formula is C32H24O4. The van der Waals surface area contributed by atoms with Gasteiger partial charge < -0.3 is 9.47 Å². The Balaban J connectivity index is 1.81. The average molecular weight is 473 g/mol. The largest absolute Gasteiger partial charge is 0.469 e. The Kier molecular flexibility index (Phi) is 5.11. The Hall–Kier alpha value is -4.44. The fraction of sp³-hybridized carbons (Fsp3) is 0.125. The van der Waals surface area contributed by atoms with Gasteiger partial charge >= 0.3 is 11.9 Å². The van der Waals surface area contributed by atoms with Crippen molar-refractivity contribution in [3.8, 4) is 0 Å². The van der Waals surface area contributed by atoms with Crippen molar-refractivity contribution in [3.05, 3.63) is 137 Å². The molecular weight excluding hydrogens is 448 g/mol. The van der Waals surface area contributed by atoms with E-state index in [0.717, 1.165) is 44.5 Å². The van der Waals surface area contributed by atoms with Crippen LogP contribution in [0.2, 0.25) is 0 Å². The first-order valence-electron chi connectivity index (χ1n) is 11.9. The monoisotopic (exact) mass is 472 g/mol. The highest BCUT2D eigenvalue weighted by atomic mass is 16.5. The maximum atomic E-state index is 13.6. The van der Waals surface area contributed by atoms with Crippen LogP contribution in [0.25, 0.3) is 16.7 Å². The number of esters is 2. The third kappa shape index (κ3) is 2.88. The first-order valence-corrected chi connectivity index (χ1v) is 11.9. The molecule has 0 radical (unpaired) electrons. The second-order valence-electron chi connectivity index (χ2n) is 9.07. The van der Waals surface area contributed by atoms with E-state index < -0.39 is 23.3 Å². The fourth-order valence-electron chi connectivity index (χ4n) is 6.09. The molecule has 2 atom stereocenters. The normalized spacial score (nSPS) is 21.5. The van der Waals surface area contributed by atoms with Gasteiger partial charge in [0, 0.05) is 0 Å². The first kappa shape index (κ1) is 22.1. The number of hydrogen-bond donors (Lipinski definition) is 0. The molecule has 6 rings (SSSR count). The molecule has 36 heavy (non-hydrogen) atoms. The number of carbonyl (C=O) groups excluding carboxylic acids is 2. The molecule has 4 nitrogen and oxygen atoms in total. The Morgan fingerprint density at radius 2 is 1.36 bits per heavy atom. The molecule has 0 spiro atoms. The summed E-state index contributed by atoms with van der Waals surface area (Å²) in [6.45, 7) is 0. The van der Waals surface area contributed by atoms with Crippen LogP contribution in [0.5, 0.6) is 0 Å². The van der Waals surface area contributed by atoms with E-state index in [1.807, 2.05) is 72.8 Å². The number of rotatable bonds is 4. The second kappa shape index (κ2) is 8.35. The number of fused-ring (bicyclic) bond motifs is 3. The molecule has 0 saturated carbocycles. The molecule has 0 amide bonds. The van der Waals surface area contributed by atoms with E-state index >= 15 is 0 Å². The van der Waals surface area contributed by atoms with Crippen molar-refractivity contribution in [3.63, 3.8) is 0 Å². The summed E-state index contributed by atoms with van der Waals surface area (Å²) in [4.78, 5) is 27.0. The minimum Gasteiger partial charge on any atom is -0.469 e. The topological polar surface area (TPSA) is 52.6 Å². The minimum atomic E-state index is -0.950. The zero-order chi connectivity index (χ0) is 24.9. The summed E-state index contributed by atoms with van der Waals surface area (Å²) in [5.41, 5.74) is 7.08. The van der Waals surface area contributed by atoms with Gasteiger partial charge in [-0.1, -0.05) is 103 Å². The number of benzene rings is 3. The van der Waals surface area contributed by atoms with Crippen LogP contribution in [0.4, 0.5) is 0 Å². The number of methoxy groups -OCH3 is 2. The van der Waals surface area contributed by atoms with Gasteiger partial charge in [0.2, 0.25) is 0 Å². The highest BCUT2D eigenvalue weighted by Gasteiger charge is 2.60. The lowest BCUT2D eigenvalue weighted by Gasteiger charge is -2.35. The van der Waals surface area contributed by atoms with E-state index in [1.54, 1.807) is 0 Å². The molecule has 0 fully saturated rings. The maximum Gasteiger partial charge on any atom is 0.335 e. The predicted molar refractivity (Wildman–Crippen MR) is 139 cm³/mol. The molecule has 0 bridgehead atoms. The lowest BCUT2D eigenvalue weighted by atomic mass is 9.66. The van der Waals surface area contributed by atoms with Gasteiger partial charge in [-0.05, 0) is 44.5 Å². The van der Waals surface area contributed by atoms with Crippen molar-refractivity contribution in [1.82, 2.24) is 0 Å². The Labute approximate surface area is 209 Å². The second-order valence-corrected chi connectivity index (χ2v) is 9.07. The van der Waals surface area contributed by atoms with Gasteiger partial charge in [-0.2, -0.15) is 0 Å². The average Bonchev–Trinajstić information content (AvgIpc) is 3.35. The van der Waals surface area contributed by atoms with Crippen LogP contribution in [-0.2, 0) is 24.5 Å². The Morgan fingerprint density at radius 1 is 0.750 bits per heavy atom. The minimum absolute atomic E-state index is 0.338. The molecule has 176 valence electrons. The number of hydrogen-bond acceptors (Lipinski definition) is 4. The summed E-state index contributed by atoms with van der Waals surface area (Å²) in [6, 6.07) is 28.2.